The minimum absolute atomic E-state index is 0.162. The second kappa shape index (κ2) is 4.09. The molecule has 0 saturated heterocycles. The molecule has 0 unspecified atom stereocenters. The normalized spacial score (nSPS) is 9.93. The zero-order valence-electron chi connectivity index (χ0n) is 8.00. The van der Waals surface area contributed by atoms with E-state index < -0.39 is 11.8 Å². The summed E-state index contributed by atoms with van der Waals surface area (Å²) < 4.78 is 17.9. The summed E-state index contributed by atoms with van der Waals surface area (Å²) in [6.07, 6.45) is -0.162. The van der Waals surface area contributed by atoms with Gasteiger partial charge in [0.05, 0.1) is 13.5 Å². The van der Waals surface area contributed by atoms with Crippen LogP contribution in [0.25, 0.3) is 0 Å². The molecule has 0 spiro atoms. The van der Waals surface area contributed by atoms with Gasteiger partial charge < -0.3 is 9.84 Å². The van der Waals surface area contributed by atoms with Crippen LogP contribution in [-0.4, -0.2) is 18.2 Å². The summed E-state index contributed by atoms with van der Waals surface area (Å²) in [5.74, 6) is -1.08. The number of carboxylic acids is 1. The highest BCUT2D eigenvalue weighted by atomic mass is 19.1. The number of benzene rings is 1. The second-order valence-electron chi connectivity index (χ2n) is 2.98. The van der Waals surface area contributed by atoms with Gasteiger partial charge in [0, 0.05) is 11.6 Å². The Hall–Kier alpha value is -1.58. The van der Waals surface area contributed by atoms with E-state index in [1.54, 1.807) is 6.92 Å². The average Bonchev–Trinajstić information content (AvgIpc) is 2.10. The zero-order chi connectivity index (χ0) is 10.7. The molecule has 1 aromatic carbocycles. The van der Waals surface area contributed by atoms with Crippen LogP contribution in [0.5, 0.6) is 5.75 Å². The fourth-order valence-electron chi connectivity index (χ4n) is 1.21. The summed E-state index contributed by atoms with van der Waals surface area (Å²) in [5.41, 5.74) is 0.904. The Morgan fingerprint density at radius 1 is 1.57 bits per heavy atom. The van der Waals surface area contributed by atoms with Crippen LogP contribution < -0.4 is 4.74 Å². The first-order valence-electron chi connectivity index (χ1n) is 4.09. The van der Waals surface area contributed by atoms with E-state index in [1.807, 2.05) is 0 Å². The van der Waals surface area contributed by atoms with E-state index in [0.29, 0.717) is 11.1 Å². The lowest BCUT2D eigenvalue weighted by Gasteiger charge is -2.08. The number of carbonyl (C=O) groups is 1. The second-order valence-corrected chi connectivity index (χ2v) is 2.98. The SMILES string of the molecule is COc1cc(F)c(C)cc1CC(=O)O. The maximum atomic E-state index is 13.1. The number of rotatable bonds is 3. The molecular weight excluding hydrogens is 187 g/mol. The van der Waals surface area contributed by atoms with Crippen molar-refractivity contribution in [2.45, 2.75) is 13.3 Å². The van der Waals surface area contributed by atoms with Gasteiger partial charge in [0.25, 0.3) is 0 Å². The molecule has 0 aliphatic heterocycles. The number of hydrogen-bond acceptors (Lipinski definition) is 2. The number of halogens is 1. The number of ether oxygens (including phenoxy) is 1. The van der Waals surface area contributed by atoms with E-state index in [4.69, 9.17) is 9.84 Å². The number of carboxylic acid groups (broad SMARTS) is 1. The maximum absolute atomic E-state index is 13.1. The van der Waals surface area contributed by atoms with E-state index in [1.165, 1.54) is 19.2 Å². The van der Waals surface area contributed by atoms with Crippen LogP contribution in [0.2, 0.25) is 0 Å². The van der Waals surface area contributed by atoms with Crippen molar-refractivity contribution in [1.82, 2.24) is 0 Å². The van der Waals surface area contributed by atoms with Crippen molar-refractivity contribution in [2.75, 3.05) is 7.11 Å². The predicted octanol–water partition coefficient (Wildman–Crippen LogP) is 1.77. The molecule has 0 fully saturated rings. The van der Waals surface area contributed by atoms with Gasteiger partial charge >= 0.3 is 5.97 Å². The molecule has 14 heavy (non-hydrogen) atoms. The number of hydrogen-bond donors (Lipinski definition) is 1. The lowest BCUT2D eigenvalue weighted by atomic mass is 10.1. The number of aryl methyl sites for hydroxylation is 1. The molecule has 0 bridgehead atoms. The fourth-order valence-corrected chi connectivity index (χ4v) is 1.21. The minimum atomic E-state index is -0.964. The molecule has 0 atom stereocenters. The molecule has 0 aromatic heterocycles. The summed E-state index contributed by atoms with van der Waals surface area (Å²) in [5, 5.41) is 8.60. The molecule has 0 aliphatic rings. The van der Waals surface area contributed by atoms with E-state index in [0.717, 1.165) is 0 Å². The monoisotopic (exact) mass is 198 g/mol. The topological polar surface area (TPSA) is 46.5 Å². The Balaban J connectivity index is 3.13. The van der Waals surface area contributed by atoms with Crippen molar-refractivity contribution in [3.05, 3.63) is 29.1 Å². The van der Waals surface area contributed by atoms with Crippen molar-refractivity contribution in [2.24, 2.45) is 0 Å². The standard InChI is InChI=1S/C10H11FO3/c1-6-3-7(4-10(12)13)9(14-2)5-8(6)11/h3,5H,4H2,1-2H3,(H,12,13). The molecule has 0 aliphatic carbocycles. The van der Waals surface area contributed by atoms with Crippen molar-refractivity contribution >= 4 is 5.97 Å². The molecule has 1 N–H and O–H groups in total. The van der Waals surface area contributed by atoms with Crippen LogP contribution >= 0.6 is 0 Å². The Morgan fingerprint density at radius 2 is 2.21 bits per heavy atom. The van der Waals surface area contributed by atoms with Crippen LogP contribution in [0.4, 0.5) is 4.39 Å². The molecule has 0 amide bonds. The molecular formula is C10H11FO3. The third kappa shape index (κ3) is 2.22. The first-order valence-corrected chi connectivity index (χ1v) is 4.09. The Morgan fingerprint density at radius 3 is 2.71 bits per heavy atom. The Labute approximate surface area is 81.1 Å². The zero-order valence-corrected chi connectivity index (χ0v) is 8.00. The Bertz CT molecular complexity index is 361. The lowest BCUT2D eigenvalue weighted by Crippen LogP contribution is -2.03. The number of methoxy groups -OCH3 is 1. The molecule has 3 nitrogen and oxygen atoms in total. The summed E-state index contributed by atoms with van der Waals surface area (Å²) in [7, 11) is 1.38. The summed E-state index contributed by atoms with van der Waals surface area (Å²) >= 11 is 0. The van der Waals surface area contributed by atoms with Gasteiger partial charge in [-0.3, -0.25) is 4.79 Å². The summed E-state index contributed by atoms with van der Waals surface area (Å²) in [6, 6.07) is 2.69. The predicted molar refractivity (Wildman–Crippen MR) is 49.0 cm³/mol. The summed E-state index contributed by atoms with van der Waals surface area (Å²) in [4.78, 5) is 10.5. The van der Waals surface area contributed by atoms with Gasteiger partial charge in [-0.15, -0.1) is 0 Å². The van der Waals surface area contributed by atoms with Crippen molar-refractivity contribution in [1.29, 1.82) is 0 Å². The molecule has 0 heterocycles. The van der Waals surface area contributed by atoms with Crippen LogP contribution in [0, 0.1) is 12.7 Å². The van der Waals surface area contributed by atoms with Crippen LogP contribution in [-0.2, 0) is 11.2 Å². The van der Waals surface area contributed by atoms with Crippen LogP contribution in [0.3, 0.4) is 0 Å². The van der Waals surface area contributed by atoms with Gasteiger partial charge in [0.15, 0.2) is 0 Å². The summed E-state index contributed by atoms with van der Waals surface area (Å²) in [6.45, 7) is 1.58. The van der Waals surface area contributed by atoms with E-state index in [9.17, 15) is 9.18 Å². The molecule has 4 heteroatoms. The van der Waals surface area contributed by atoms with E-state index >= 15 is 0 Å². The number of aliphatic carboxylic acids is 1. The molecule has 0 radical (unpaired) electrons. The van der Waals surface area contributed by atoms with Gasteiger partial charge in [-0.1, -0.05) is 0 Å². The molecule has 1 rings (SSSR count). The average molecular weight is 198 g/mol. The highest BCUT2D eigenvalue weighted by Gasteiger charge is 2.10. The van der Waals surface area contributed by atoms with Crippen molar-refractivity contribution in [3.63, 3.8) is 0 Å². The molecule has 0 saturated carbocycles. The smallest absolute Gasteiger partial charge is 0.307 e. The van der Waals surface area contributed by atoms with Crippen molar-refractivity contribution < 1.29 is 19.0 Å². The van der Waals surface area contributed by atoms with Gasteiger partial charge in [-0.05, 0) is 18.6 Å². The first-order chi connectivity index (χ1) is 6.54. The minimum Gasteiger partial charge on any atom is -0.496 e. The van der Waals surface area contributed by atoms with Crippen molar-refractivity contribution in [3.8, 4) is 5.75 Å². The highest BCUT2D eigenvalue weighted by molar-refractivity contribution is 5.71. The van der Waals surface area contributed by atoms with E-state index in [-0.39, 0.29) is 12.2 Å². The van der Waals surface area contributed by atoms with Gasteiger partial charge in [-0.25, -0.2) is 4.39 Å². The quantitative estimate of drug-likeness (QED) is 0.805. The first kappa shape index (κ1) is 10.5. The largest absolute Gasteiger partial charge is 0.496 e. The molecule has 1 aromatic rings. The molecule has 76 valence electrons. The van der Waals surface area contributed by atoms with Gasteiger partial charge in [-0.2, -0.15) is 0 Å². The Kier molecular flexibility index (Phi) is 3.06. The van der Waals surface area contributed by atoms with Crippen LogP contribution in [0.15, 0.2) is 12.1 Å². The van der Waals surface area contributed by atoms with E-state index in [2.05, 4.69) is 0 Å². The maximum Gasteiger partial charge on any atom is 0.307 e. The van der Waals surface area contributed by atoms with Gasteiger partial charge in [0.1, 0.15) is 11.6 Å². The lowest BCUT2D eigenvalue weighted by molar-refractivity contribution is -0.136. The fraction of sp³-hybridized carbons (Fsp3) is 0.300. The van der Waals surface area contributed by atoms with Crippen LogP contribution in [0.1, 0.15) is 11.1 Å². The third-order valence-electron chi connectivity index (χ3n) is 1.90. The highest BCUT2D eigenvalue weighted by Crippen LogP contribution is 2.22. The third-order valence-corrected chi connectivity index (χ3v) is 1.90. The van der Waals surface area contributed by atoms with Gasteiger partial charge in [0.2, 0.25) is 0 Å².